The Morgan fingerprint density at radius 2 is 1.80 bits per heavy atom. The van der Waals surface area contributed by atoms with Gasteiger partial charge in [-0.25, -0.2) is 4.98 Å². The largest absolute Gasteiger partial charge is 0.380 e. The first-order chi connectivity index (χ1) is 12.1. The molecule has 0 radical (unpaired) electrons. The van der Waals surface area contributed by atoms with Gasteiger partial charge in [0.2, 0.25) is 0 Å². The molecule has 7 heteroatoms. The van der Waals surface area contributed by atoms with E-state index in [1.54, 1.807) is 11.0 Å². The van der Waals surface area contributed by atoms with Crippen molar-refractivity contribution in [3.05, 3.63) is 63.1 Å². The number of hydrogen-bond acceptors (Lipinski definition) is 5. The fourth-order valence-electron chi connectivity index (χ4n) is 2.60. The van der Waals surface area contributed by atoms with Gasteiger partial charge < -0.3 is 5.32 Å². The van der Waals surface area contributed by atoms with Crippen LogP contribution >= 0.6 is 22.9 Å². The Balaban J connectivity index is 1.63. The van der Waals surface area contributed by atoms with E-state index in [0.717, 1.165) is 32.8 Å². The van der Waals surface area contributed by atoms with Crippen molar-refractivity contribution in [2.75, 3.05) is 5.32 Å². The molecule has 0 atom stereocenters. The van der Waals surface area contributed by atoms with Crippen molar-refractivity contribution in [2.45, 2.75) is 20.4 Å². The number of benzene rings is 2. The number of aromatic nitrogens is 4. The van der Waals surface area contributed by atoms with Crippen LogP contribution in [-0.4, -0.2) is 20.0 Å². The SMILES string of the molecule is Cc1ccc(-n2nc3cc(C)c(NCc4cnc(Cl)s4)cc3n2)cc1. The first-order valence-corrected chi connectivity index (χ1v) is 9.07. The second kappa shape index (κ2) is 6.46. The molecule has 0 saturated heterocycles. The van der Waals surface area contributed by atoms with Crippen LogP contribution in [0.3, 0.4) is 0 Å². The van der Waals surface area contributed by atoms with E-state index in [1.807, 2.05) is 18.2 Å². The second-order valence-corrected chi connectivity index (χ2v) is 7.61. The van der Waals surface area contributed by atoms with Crippen molar-refractivity contribution in [1.29, 1.82) is 0 Å². The lowest BCUT2D eigenvalue weighted by Gasteiger charge is -2.07. The third kappa shape index (κ3) is 3.36. The first-order valence-electron chi connectivity index (χ1n) is 7.87. The smallest absolute Gasteiger partial charge is 0.183 e. The van der Waals surface area contributed by atoms with Gasteiger partial charge in [0.15, 0.2) is 4.47 Å². The lowest BCUT2D eigenvalue weighted by Crippen LogP contribution is -1.99. The zero-order valence-electron chi connectivity index (χ0n) is 13.8. The average Bonchev–Trinajstić information content (AvgIpc) is 3.19. The fourth-order valence-corrected chi connectivity index (χ4v) is 3.52. The molecule has 126 valence electrons. The summed E-state index contributed by atoms with van der Waals surface area (Å²) in [5.41, 5.74) is 6.06. The number of rotatable bonds is 4. The molecular formula is C18H16ClN5S. The van der Waals surface area contributed by atoms with Crippen molar-refractivity contribution in [2.24, 2.45) is 0 Å². The highest BCUT2D eigenvalue weighted by Gasteiger charge is 2.09. The topological polar surface area (TPSA) is 55.6 Å². The van der Waals surface area contributed by atoms with Crippen LogP contribution in [0.4, 0.5) is 5.69 Å². The van der Waals surface area contributed by atoms with E-state index in [4.69, 9.17) is 11.6 Å². The molecule has 0 fully saturated rings. The van der Waals surface area contributed by atoms with E-state index in [9.17, 15) is 0 Å². The van der Waals surface area contributed by atoms with Crippen molar-refractivity contribution in [3.8, 4) is 5.69 Å². The van der Waals surface area contributed by atoms with Crippen molar-refractivity contribution >= 4 is 39.7 Å². The molecule has 0 aliphatic carbocycles. The number of fused-ring (bicyclic) bond motifs is 1. The summed E-state index contributed by atoms with van der Waals surface area (Å²) < 4.78 is 0.560. The molecule has 0 amide bonds. The minimum atomic E-state index is 0.560. The van der Waals surface area contributed by atoms with Crippen LogP contribution in [0.5, 0.6) is 0 Å². The van der Waals surface area contributed by atoms with E-state index in [-0.39, 0.29) is 0 Å². The molecule has 0 aliphatic heterocycles. The fraction of sp³-hybridized carbons (Fsp3) is 0.167. The molecule has 0 saturated carbocycles. The zero-order chi connectivity index (χ0) is 17.4. The monoisotopic (exact) mass is 369 g/mol. The summed E-state index contributed by atoms with van der Waals surface area (Å²) in [6, 6.07) is 12.2. The Hall–Kier alpha value is -2.44. The summed E-state index contributed by atoms with van der Waals surface area (Å²) in [6.45, 7) is 4.81. The van der Waals surface area contributed by atoms with Crippen molar-refractivity contribution in [1.82, 2.24) is 20.0 Å². The summed E-state index contributed by atoms with van der Waals surface area (Å²) in [6.07, 6.45) is 1.79. The van der Waals surface area contributed by atoms with Gasteiger partial charge in [0, 0.05) is 16.8 Å². The third-order valence-corrected chi connectivity index (χ3v) is 5.08. The highest BCUT2D eigenvalue weighted by Crippen LogP contribution is 2.24. The Kier molecular flexibility index (Phi) is 4.15. The van der Waals surface area contributed by atoms with Gasteiger partial charge in [-0.3, -0.25) is 0 Å². The summed E-state index contributed by atoms with van der Waals surface area (Å²) in [4.78, 5) is 6.83. The molecular weight excluding hydrogens is 354 g/mol. The summed E-state index contributed by atoms with van der Waals surface area (Å²) in [5, 5.41) is 12.6. The summed E-state index contributed by atoms with van der Waals surface area (Å²) in [5.74, 6) is 0. The van der Waals surface area contributed by atoms with Crippen LogP contribution in [0, 0.1) is 13.8 Å². The number of thiazole rings is 1. The highest BCUT2D eigenvalue weighted by atomic mass is 35.5. The third-order valence-electron chi connectivity index (χ3n) is 3.97. The highest BCUT2D eigenvalue weighted by molar-refractivity contribution is 7.15. The zero-order valence-corrected chi connectivity index (χ0v) is 15.4. The van der Waals surface area contributed by atoms with Crippen molar-refractivity contribution in [3.63, 3.8) is 0 Å². The molecule has 0 unspecified atom stereocenters. The van der Waals surface area contributed by atoms with Gasteiger partial charge in [0.25, 0.3) is 0 Å². The summed E-state index contributed by atoms with van der Waals surface area (Å²) >= 11 is 7.36. The molecule has 0 bridgehead atoms. The van der Waals surface area contributed by atoms with E-state index in [0.29, 0.717) is 11.0 Å². The number of hydrogen-bond donors (Lipinski definition) is 1. The number of aryl methyl sites for hydroxylation is 2. The molecule has 0 spiro atoms. The van der Waals surface area contributed by atoms with E-state index < -0.39 is 0 Å². The van der Waals surface area contributed by atoms with Crippen LogP contribution in [0.1, 0.15) is 16.0 Å². The maximum absolute atomic E-state index is 5.88. The number of nitrogens with one attached hydrogen (secondary N) is 1. The van der Waals surface area contributed by atoms with Crippen molar-refractivity contribution < 1.29 is 0 Å². The maximum Gasteiger partial charge on any atom is 0.183 e. The normalized spacial score (nSPS) is 11.2. The predicted molar refractivity (Wildman–Crippen MR) is 103 cm³/mol. The maximum atomic E-state index is 5.88. The van der Waals surface area contributed by atoms with Gasteiger partial charge in [-0.05, 0) is 43.7 Å². The van der Waals surface area contributed by atoms with Gasteiger partial charge in [-0.15, -0.1) is 21.5 Å². The van der Waals surface area contributed by atoms with E-state index >= 15 is 0 Å². The van der Waals surface area contributed by atoms with Crippen LogP contribution in [0.2, 0.25) is 4.47 Å². The van der Waals surface area contributed by atoms with Gasteiger partial charge in [-0.2, -0.15) is 4.80 Å². The Bertz CT molecular complexity index is 1040. The van der Waals surface area contributed by atoms with Gasteiger partial charge in [-0.1, -0.05) is 29.3 Å². The molecule has 1 N–H and O–H groups in total. The van der Waals surface area contributed by atoms with Crippen LogP contribution in [0.15, 0.2) is 42.6 Å². The minimum Gasteiger partial charge on any atom is -0.380 e. The Labute approximate surface area is 154 Å². The van der Waals surface area contributed by atoms with Crippen LogP contribution in [-0.2, 0) is 6.54 Å². The quantitative estimate of drug-likeness (QED) is 0.563. The Morgan fingerprint density at radius 3 is 2.48 bits per heavy atom. The molecule has 25 heavy (non-hydrogen) atoms. The van der Waals surface area contributed by atoms with Crippen LogP contribution in [0.25, 0.3) is 16.7 Å². The molecule has 2 heterocycles. The second-order valence-electron chi connectivity index (χ2n) is 5.91. The average molecular weight is 370 g/mol. The van der Waals surface area contributed by atoms with E-state index in [1.165, 1.54) is 16.9 Å². The number of halogens is 1. The molecule has 5 nitrogen and oxygen atoms in total. The molecule has 0 aliphatic rings. The lowest BCUT2D eigenvalue weighted by molar-refractivity contribution is 0.765. The molecule has 4 aromatic rings. The summed E-state index contributed by atoms with van der Waals surface area (Å²) in [7, 11) is 0. The van der Waals surface area contributed by atoms with Crippen LogP contribution < -0.4 is 5.32 Å². The lowest BCUT2D eigenvalue weighted by atomic mass is 10.1. The standard InChI is InChI=1S/C18H16ClN5S/c1-11-3-5-13(6-4-11)24-22-16-7-12(2)15(8-17(16)23-24)20-9-14-10-21-18(19)25-14/h3-8,10,20H,9H2,1-2H3. The predicted octanol–water partition coefficient (Wildman–Crippen LogP) is 4.76. The van der Waals surface area contributed by atoms with Gasteiger partial charge in [0.05, 0.1) is 12.2 Å². The van der Waals surface area contributed by atoms with Gasteiger partial charge >= 0.3 is 0 Å². The number of nitrogens with zero attached hydrogens (tertiary/aromatic N) is 4. The molecule has 2 aromatic heterocycles. The number of anilines is 1. The Morgan fingerprint density at radius 1 is 1.08 bits per heavy atom. The van der Waals surface area contributed by atoms with E-state index in [2.05, 4.69) is 52.5 Å². The molecule has 2 aromatic carbocycles. The first kappa shape index (κ1) is 16.1. The minimum absolute atomic E-state index is 0.560. The molecule has 4 rings (SSSR count). The van der Waals surface area contributed by atoms with Gasteiger partial charge in [0.1, 0.15) is 11.0 Å².